The van der Waals surface area contributed by atoms with E-state index in [1.807, 2.05) is 0 Å². The van der Waals surface area contributed by atoms with Crippen LogP contribution in [0.25, 0.3) is 0 Å². The van der Waals surface area contributed by atoms with Gasteiger partial charge in [0.05, 0.1) is 17.4 Å². The largest absolute Gasteiger partial charge is 0.454 e. The molecule has 1 aromatic rings. The molecular formula is C11H7ClO5. The zero-order chi connectivity index (χ0) is 12.0. The van der Waals surface area contributed by atoms with Crippen molar-refractivity contribution in [1.29, 1.82) is 0 Å². The van der Waals surface area contributed by atoms with Gasteiger partial charge >= 0.3 is 11.9 Å². The topological polar surface area (TPSA) is 61.8 Å². The maximum atomic E-state index is 11.4. The number of benzene rings is 1. The fourth-order valence-electron chi connectivity index (χ4n) is 1.92. The summed E-state index contributed by atoms with van der Waals surface area (Å²) in [6, 6.07) is 3.25. The van der Waals surface area contributed by atoms with Crippen LogP contribution in [-0.2, 0) is 14.3 Å². The van der Waals surface area contributed by atoms with Gasteiger partial charge in [0, 0.05) is 0 Å². The van der Waals surface area contributed by atoms with Crippen LogP contribution in [0.5, 0.6) is 11.5 Å². The second-order valence-electron chi connectivity index (χ2n) is 3.79. The molecule has 2 aliphatic heterocycles. The van der Waals surface area contributed by atoms with Gasteiger partial charge in [-0.15, -0.1) is 0 Å². The zero-order valence-electron chi connectivity index (χ0n) is 8.57. The van der Waals surface area contributed by atoms with E-state index in [4.69, 9.17) is 21.1 Å². The molecule has 0 saturated carbocycles. The fourth-order valence-corrected chi connectivity index (χ4v) is 2.19. The van der Waals surface area contributed by atoms with Crippen LogP contribution in [0.4, 0.5) is 0 Å². The highest BCUT2D eigenvalue weighted by molar-refractivity contribution is 6.32. The van der Waals surface area contributed by atoms with Crippen LogP contribution in [-0.4, -0.2) is 18.7 Å². The summed E-state index contributed by atoms with van der Waals surface area (Å²) in [5.74, 6) is -0.721. The van der Waals surface area contributed by atoms with Gasteiger partial charge in [-0.1, -0.05) is 11.6 Å². The van der Waals surface area contributed by atoms with Crippen molar-refractivity contribution in [3.63, 3.8) is 0 Å². The Balaban J connectivity index is 2.02. The number of halogens is 1. The molecule has 1 saturated heterocycles. The Labute approximate surface area is 101 Å². The summed E-state index contributed by atoms with van der Waals surface area (Å²) in [6.45, 7) is 0.104. The van der Waals surface area contributed by atoms with Crippen molar-refractivity contribution in [2.75, 3.05) is 6.79 Å². The van der Waals surface area contributed by atoms with Crippen molar-refractivity contribution in [1.82, 2.24) is 0 Å². The molecule has 1 fully saturated rings. The van der Waals surface area contributed by atoms with E-state index >= 15 is 0 Å². The Hall–Kier alpha value is -1.75. The minimum absolute atomic E-state index is 0.0365. The Morgan fingerprint density at radius 2 is 2.06 bits per heavy atom. The van der Waals surface area contributed by atoms with Crippen LogP contribution in [0.1, 0.15) is 17.9 Å². The molecule has 0 radical (unpaired) electrons. The second kappa shape index (κ2) is 3.63. The van der Waals surface area contributed by atoms with Crippen LogP contribution in [0.3, 0.4) is 0 Å². The number of ether oxygens (including phenoxy) is 3. The third-order valence-corrected chi connectivity index (χ3v) is 3.00. The average molecular weight is 255 g/mol. The summed E-state index contributed by atoms with van der Waals surface area (Å²) in [5, 5.41) is 0.363. The summed E-state index contributed by atoms with van der Waals surface area (Å²) in [4.78, 5) is 22.5. The lowest BCUT2D eigenvalue weighted by Gasteiger charge is -2.07. The van der Waals surface area contributed by atoms with Gasteiger partial charge in [0.2, 0.25) is 6.79 Å². The molecule has 0 bridgehead atoms. The van der Waals surface area contributed by atoms with Gasteiger partial charge in [-0.2, -0.15) is 0 Å². The summed E-state index contributed by atoms with van der Waals surface area (Å²) in [7, 11) is 0. The summed E-state index contributed by atoms with van der Waals surface area (Å²) >= 11 is 6.00. The van der Waals surface area contributed by atoms with Crippen LogP contribution in [0.15, 0.2) is 12.1 Å². The van der Waals surface area contributed by atoms with Crippen molar-refractivity contribution in [2.24, 2.45) is 0 Å². The predicted octanol–water partition coefficient (Wildman–Crippen LogP) is 1.63. The molecule has 0 amide bonds. The first-order valence-corrected chi connectivity index (χ1v) is 5.36. The van der Waals surface area contributed by atoms with Crippen LogP contribution >= 0.6 is 11.6 Å². The quantitative estimate of drug-likeness (QED) is 0.563. The third-order valence-electron chi connectivity index (χ3n) is 2.72. The van der Waals surface area contributed by atoms with Crippen molar-refractivity contribution in [3.8, 4) is 11.5 Å². The molecule has 0 N–H and O–H groups in total. The molecule has 2 heterocycles. The first-order chi connectivity index (χ1) is 8.15. The number of hydrogen-bond donors (Lipinski definition) is 0. The van der Waals surface area contributed by atoms with Crippen molar-refractivity contribution >= 4 is 23.5 Å². The third kappa shape index (κ3) is 1.63. The molecule has 88 valence electrons. The number of rotatable bonds is 1. The molecule has 0 aliphatic carbocycles. The molecule has 1 aromatic carbocycles. The maximum absolute atomic E-state index is 11.4. The molecule has 17 heavy (non-hydrogen) atoms. The monoisotopic (exact) mass is 254 g/mol. The van der Waals surface area contributed by atoms with Crippen molar-refractivity contribution in [2.45, 2.75) is 12.3 Å². The number of carbonyl (C=O) groups is 2. The number of fused-ring (bicyclic) bond motifs is 1. The Bertz CT molecular complexity index is 525. The van der Waals surface area contributed by atoms with Gasteiger partial charge in [-0.05, 0) is 17.7 Å². The lowest BCUT2D eigenvalue weighted by atomic mass is 9.97. The van der Waals surface area contributed by atoms with E-state index in [-0.39, 0.29) is 13.2 Å². The minimum atomic E-state index is -0.602. The molecule has 2 aliphatic rings. The first kappa shape index (κ1) is 10.4. The van der Waals surface area contributed by atoms with Gasteiger partial charge in [-0.3, -0.25) is 9.59 Å². The van der Waals surface area contributed by atoms with E-state index in [9.17, 15) is 9.59 Å². The van der Waals surface area contributed by atoms with Crippen LogP contribution < -0.4 is 9.47 Å². The Morgan fingerprint density at radius 1 is 1.24 bits per heavy atom. The zero-order valence-corrected chi connectivity index (χ0v) is 9.32. The molecule has 6 heteroatoms. The number of esters is 2. The standard InChI is InChI=1S/C11H7ClO5/c12-7-1-5(2-8-10(7)16-4-15-8)6-3-9(13)17-11(6)14/h1-2,6H,3-4H2. The summed E-state index contributed by atoms with van der Waals surface area (Å²) in [5.41, 5.74) is 0.607. The SMILES string of the molecule is O=C1CC(c2cc(Cl)c3c(c2)OCO3)C(=O)O1. The van der Waals surface area contributed by atoms with E-state index in [1.165, 1.54) is 0 Å². The maximum Gasteiger partial charge on any atom is 0.321 e. The number of carbonyl (C=O) groups excluding carboxylic acids is 2. The highest BCUT2D eigenvalue weighted by atomic mass is 35.5. The van der Waals surface area contributed by atoms with Gasteiger partial charge < -0.3 is 14.2 Å². The van der Waals surface area contributed by atoms with E-state index in [1.54, 1.807) is 12.1 Å². The smallest absolute Gasteiger partial charge is 0.321 e. The van der Waals surface area contributed by atoms with Crippen LogP contribution in [0.2, 0.25) is 5.02 Å². The van der Waals surface area contributed by atoms with E-state index in [0.29, 0.717) is 22.1 Å². The molecule has 0 spiro atoms. The molecule has 0 aromatic heterocycles. The van der Waals surface area contributed by atoms with Crippen molar-refractivity contribution in [3.05, 3.63) is 22.7 Å². The fraction of sp³-hybridized carbons (Fsp3) is 0.273. The summed E-state index contributed by atoms with van der Waals surface area (Å²) in [6.07, 6.45) is 0.0365. The molecular weight excluding hydrogens is 248 g/mol. The Morgan fingerprint density at radius 3 is 2.76 bits per heavy atom. The normalized spacial score (nSPS) is 21.8. The minimum Gasteiger partial charge on any atom is -0.454 e. The van der Waals surface area contributed by atoms with Crippen molar-refractivity contribution < 1.29 is 23.8 Å². The van der Waals surface area contributed by atoms with E-state index < -0.39 is 17.9 Å². The molecule has 5 nitrogen and oxygen atoms in total. The second-order valence-corrected chi connectivity index (χ2v) is 4.19. The molecule has 1 atom stereocenters. The summed E-state index contributed by atoms with van der Waals surface area (Å²) < 4.78 is 14.8. The van der Waals surface area contributed by atoms with Gasteiger partial charge in [-0.25, -0.2) is 0 Å². The lowest BCUT2D eigenvalue weighted by Crippen LogP contribution is -2.05. The highest BCUT2D eigenvalue weighted by Gasteiger charge is 2.36. The number of hydrogen-bond acceptors (Lipinski definition) is 5. The highest BCUT2D eigenvalue weighted by Crippen LogP contribution is 2.42. The first-order valence-electron chi connectivity index (χ1n) is 4.98. The van der Waals surface area contributed by atoms with Crippen LogP contribution in [0, 0.1) is 0 Å². The lowest BCUT2D eigenvalue weighted by molar-refractivity contribution is -0.152. The molecule has 3 rings (SSSR count). The Kier molecular flexibility index (Phi) is 2.22. The average Bonchev–Trinajstić information content (AvgIpc) is 2.84. The predicted molar refractivity (Wildman–Crippen MR) is 56.0 cm³/mol. The number of cyclic esters (lactones) is 2. The van der Waals surface area contributed by atoms with E-state index in [0.717, 1.165) is 0 Å². The van der Waals surface area contributed by atoms with Gasteiger partial charge in [0.1, 0.15) is 0 Å². The molecule has 1 unspecified atom stereocenters. The van der Waals surface area contributed by atoms with Gasteiger partial charge in [0.25, 0.3) is 0 Å². The van der Waals surface area contributed by atoms with Gasteiger partial charge in [0.15, 0.2) is 11.5 Å². The van der Waals surface area contributed by atoms with E-state index in [2.05, 4.69) is 4.74 Å².